The van der Waals surface area contributed by atoms with Crippen molar-refractivity contribution in [3.8, 4) is 23.2 Å². The first-order chi connectivity index (χ1) is 16.2. The summed E-state index contributed by atoms with van der Waals surface area (Å²) in [4.78, 5) is 34.3. The average Bonchev–Trinajstić information content (AvgIpc) is 3.39. The molecule has 0 aromatic carbocycles. The van der Waals surface area contributed by atoms with Crippen molar-refractivity contribution in [3.05, 3.63) is 35.8 Å². The SMILES string of the molecule is COc1ncc(-c2c(C#N)cc3c(N)ncnn23)cc1C(=O)N[C@@H]1CN(C(=O)C(C)O)CC1F. The fourth-order valence-electron chi connectivity index (χ4n) is 3.87. The average molecular weight is 468 g/mol. The van der Waals surface area contributed by atoms with Gasteiger partial charge in [0.2, 0.25) is 5.88 Å². The Morgan fingerprint density at radius 1 is 1.38 bits per heavy atom. The maximum absolute atomic E-state index is 14.5. The number of likely N-dealkylation sites (tertiary alicyclic amines) is 1. The minimum atomic E-state index is -1.52. The molecule has 0 spiro atoms. The summed E-state index contributed by atoms with van der Waals surface area (Å²) in [5, 5.41) is 25.8. The van der Waals surface area contributed by atoms with Crippen LogP contribution >= 0.6 is 0 Å². The van der Waals surface area contributed by atoms with E-state index in [9.17, 15) is 24.3 Å². The van der Waals surface area contributed by atoms with Gasteiger partial charge >= 0.3 is 0 Å². The van der Waals surface area contributed by atoms with Gasteiger partial charge in [-0.25, -0.2) is 18.9 Å². The summed E-state index contributed by atoms with van der Waals surface area (Å²) in [6.07, 6.45) is -0.147. The Hall–Kier alpha value is -4.31. The number of methoxy groups -OCH3 is 1. The van der Waals surface area contributed by atoms with Gasteiger partial charge in [-0.15, -0.1) is 0 Å². The molecule has 4 heterocycles. The van der Waals surface area contributed by atoms with Crippen molar-refractivity contribution in [3.63, 3.8) is 0 Å². The lowest BCUT2D eigenvalue weighted by molar-refractivity contribution is -0.138. The molecule has 2 amide bonds. The quantitative estimate of drug-likeness (QED) is 0.463. The monoisotopic (exact) mass is 468 g/mol. The van der Waals surface area contributed by atoms with E-state index in [-0.39, 0.29) is 35.9 Å². The number of anilines is 1. The molecule has 1 fully saturated rings. The third-order valence-electron chi connectivity index (χ3n) is 5.52. The highest BCUT2D eigenvalue weighted by Gasteiger charge is 2.38. The molecule has 1 saturated heterocycles. The lowest BCUT2D eigenvalue weighted by atomic mass is 10.1. The summed E-state index contributed by atoms with van der Waals surface area (Å²) in [5.41, 5.74) is 7.24. The number of nitrogens with one attached hydrogen (secondary N) is 1. The predicted octanol–water partition coefficient (Wildman–Crippen LogP) is -0.0867. The largest absolute Gasteiger partial charge is 0.480 e. The smallest absolute Gasteiger partial charge is 0.257 e. The Kier molecular flexibility index (Phi) is 5.99. The van der Waals surface area contributed by atoms with Crippen LogP contribution in [0.3, 0.4) is 0 Å². The van der Waals surface area contributed by atoms with Gasteiger partial charge in [0.05, 0.1) is 31.0 Å². The van der Waals surface area contributed by atoms with Crippen LogP contribution in [0.15, 0.2) is 24.7 Å². The standard InChI is InChI=1S/C21H21FN8O4/c1-10(31)21(33)29-7-14(22)15(8-29)28-19(32)13-3-12(6-25-20(13)34-2)17-11(5-23)4-16-18(24)26-9-27-30(16)17/h3-4,6,9-10,14-15,31H,7-8H2,1-2H3,(H,28,32)(H2,24,26,27)/t10?,14?,15-/m1/s1. The van der Waals surface area contributed by atoms with E-state index in [1.165, 1.54) is 43.2 Å². The summed E-state index contributed by atoms with van der Waals surface area (Å²) in [5.74, 6) is -1.14. The van der Waals surface area contributed by atoms with E-state index in [0.29, 0.717) is 16.8 Å². The van der Waals surface area contributed by atoms with Crippen LogP contribution in [-0.4, -0.2) is 79.9 Å². The zero-order valence-electron chi connectivity index (χ0n) is 18.3. The molecular formula is C21H21FN8O4. The molecule has 1 aliphatic heterocycles. The first-order valence-corrected chi connectivity index (χ1v) is 10.2. The second-order valence-electron chi connectivity index (χ2n) is 7.76. The van der Waals surface area contributed by atoms with Gasteiger partial charge in [0, 0.05) is 18.3 Å². The van der Waals surface area contributed by atoms with E-state index >= 15 is 0 Å². The number of nitrogens with two attached hydrogens (primary N) is 1. The number of rotatable bonds is 5. The molecule has 0 radical (unpaired) electrons. The molecule has 0 bridgehead atoms. The minimum absolute atomic E-state index is 0.00614. The second kappa shape index (κ2) is 8.91. The number of hydrogen-bond donors (Lipinski definition) is 3. The number of halogens is 1. The van der Waals surface area contributed by atoms with Gasteiger partial charge < -0.3 is 25.8 Å². The Balaban J connectivity index is 1.68. The maximum atomic E-state index is 14.5. The fraction of sp³-hybridized carbons (Fsp3) is 0.333. The number of nitrogen functional groups attached to an aromatic ring is 1. The van der Waals surface area contributed by atoms with Crippen LogP contribution in [0.5, 0.6) is 5.88 Å². The molecule has 3 aromatic heterocycles. The van der Waals surface area contributed by atoms with E-state index in [2.05, 4.69) is 26.5 Å². The second-order valence-corrected chi connectivity index (χ2v) is 7.76. The molecule has 34 heavy (non-hydrogen) atoms. The van der Waals surface area contributed by atoms with Crippen LogP contribution in [0.4, 0.5) is 10.2 Å². The number of ether oxygens (including phenoxy) is 1. The highest BCUT2D eigenvalue weighted by Crippen LogP contribution is 2.30. The van der Waals surface area contributed by atoms with Crippen LogP contribution in [0.2, 0.25) is 0 Å². The number of nitrogens with zero attached hydrogens (tertiary/aromatic N) is 6. The van der Waals surface area contributed by atoms with Crippen molar-refractivity contribution in [1.82, 2.24) is 29.8 Å². The predicted molar refractivity (Wildman–Crippen MR) is 116 cm³/mol. The van der Waals surface area contributed by atoms with Gasteiger partial charge in [-0.2, -0.15) is 10.4 Å². The summed E-state index contributed by atoms with van der Waals surface area (Å²) in [7, 11) is 1.33. The number of amides is 2. The highest BCUT2D eigenvalue weighted by atomic mass is 19.1. The first kappa shape index (κ1) is 22.9. The number of aromatic nitrogens is 4. The number of hydrogen-bond acceptors (Lipinski definition) is 9. The number of carbonyl (C=O) groups is 2. The zero-order valence-corrected chi connectivity index (χ0v) is 18.3. The molecule has 12 nitrogen and oxygen atoms in total. The van der Waals surface area contributed by atoms with Crippen molar-refractivity contribution >= 4 is 23.1 Å². The van der Waals surface area contributed by atoms with E-state index < -0.39 is 30.1 Å². The van der Waals surface area contributed by atoms with Gasteiger partial charge in [-0.3, -0.25) is 9.59 Å². The Labute approximate surface area is 192 Å². The van der Waals surface area contributed by atoms with E-state index in [0.717, 1.165) is 4.90 Å². The van der Waals surface area contributed by atoms with Gasteiger partial charge in [0.1, 0.15) is 35.8 Å². The molecule has 3 atom stereocenters. The maximum Gasteiger partial charge on any atom is 0.257 e. The minimum Gasteiger partial charge on any atom is -0.480 e. The summed E-state index contributed by atoms with van der Waals surface area (Å²) in [6, 6.07) is 4.05. The molecular weight excluding hydrogens is 447 g/mol. The zero-order chi connectivity index (χ0) is 24.6. The van der Waals surface area contributed by atoms with Gasteiger partial charge in [0.25, 0.3) is 11.8 Å². The van der Waals surface area contributed by atoms with E-state index in [1.54, 1.807) is 0 Å². The number of nitriles is 1. The number of aliphatic hydroxyl groups excluding tert-OH is 1. The molecule has 1 aliphatic rings. The van der Waals surface area contributed by atoms with Crippen molar-refractivity contribution in [2.45, 2.75) is 25.2 Å². The number of aliphatic hydroxyl groups is 1. The summed E-state index contributed by atoms with van der Waals surface area (Å²) >= 11 is 0. The van der Waals surface area contributed by atoms with Gasteiger partial charge in [-0.05, 0) is 19.1 Å². The Morgan fingerprint density at radius 2 is 2.15 bits per heavy atom. The van der Waals surface area contributed by atoms with Crippen LogP contribution in [0, 0.1) is 11.3 Å². The van der Waals surface area contributed by atoms with Crippen molar-refractivity contribution < 1.29 is 23.8 Å². The number of carbonyl (C=O) groups excluding carboxylic acids is 2. The summed E-state index contributed by atoms with van der Waals surface area (Å²) in [6.45, 7) is 0.958. The van der Waals surface area contributed by atoms with Crippen molar-refractivity contribution in [1.29, 1.82) is 5.26 Å². The molecule has 4 N–H and O–H groups in total. The molecule has 2 unspecified atom stereocenters. The third-order valence-corrected chi connectivity index (χ3v) is 5.52. The number of fused-ring (bicyclic) bond motifs is 1. The van der Waals surface area contributed by atoms with Crippen molar-refractivity contribution in [2.75, 3.05) is 25.9 Å². The molecule has 0 saturated carbocycles. The third kappa shape index (κ3) is 3.95. The normalized spacial score (nSPS) is 18.5. The van der Waals surface area contributed by atoms with Crippen molar-refractivity contribution in [2.24, 2.45) is 0 Å². The number of alkyl halides is 1. The lowest BCUT2D eigenvalue weighted by Gasteiger charge is -2.18. The highest BCUT2D eigenvalue weighted by molar-refractivity contribution is 5.98. The lowest BCUT2D eigenvalue weighted by Crippen LogP contribution is -2.42. The van der Waals surface area contributed by atoms with E-state index in [1.807, 2.05) is 0 Å². The van der Waals surface area contributed by atoms with Crippen LogP contribution in [-0.2, 0) is 4.79 Å². The Bertz CT molecular complexity index is 1320. The molecule has 0 aliphatic carbocycles. The van der Waals surface area contributed by atoms with Crippen LogP contribution < -0.4 is 15.8 Å². The molecule has 4 rings (SSSR count). The summed E-state index contributed by atoms with van der Waals surface area (Å²) < 4.78 is 21.2. The van der Waals surface area contributed by atoms with Crippen LogP contribution in [0.1, 0.15) is 22.8 Å². The van der Waals surface area contributed by atoms with E-state index in [4.69, 9.17) is 10.5 Å². The first-order valence-electron chi connectivity index (χ1n) is 10.2. The van der Waals surface area contributed by atoms with Crippen LogP contribution in [0.25, 0.3) is 16.8 Å². The molecule has 176 valence electrons. The topological polar surface area (TPSA) is 172 Å². The molecule has 3 aromatic rings. The van der Waals surface area contributed by atoms with Gasteiger partial charge in [0.15, 0.2) is 5.82 Å². The van der Waals surface area contributed by atoms with Gasteiger partial charge in [-0.1, -0.05) is 0 Å². The Morgan fingerprint density at radius 3 is 2.82 bits per heavy atom. The molecule has 13 heteroatoms. The fourth-order valence-corrected chi connectivity index (χ4v) is 3.87. The number of pyridine rings is 1.